The number of carbonyl (C=O) groups is 1. The molecule has 2 aromatic carbocycles. The Morgan fingerprint density at radius 3 is 2.17 bits per heavy atom. The molecular formula is C19H21NO3. The molecule has 1 aliphatic carbocycles. The van der Waals surface area contributed by atoms with Gasteiger partial charge in [0.25, 0.3) is 5.91 Å². The Morgan fingerprint density at radius 1 is 1.04 bits per heavy atom. The highest BCUT2D eigenvalue weighted by Crippen LogP contribution is 2.41. The van der Waals surface area contributed by atoms with Crippen LogP contribution in [0.4, 0.5) is 0 Å². The molecule has 0 unspecified atom stereocenters. The molecule has 0 heterocycles. The summed E-state index contributed by atoms with van der Waals surface area (Å²) in [4.78, 5) is 12.7. The van der Waals surface area contributed by atoms with E-state index in [-0.39, 0.29) is 11.9 Å². The second kappa shape index (κ2) is 6.73. The summed E-state index contributed by atoms with van der Waals surface area (Å²) < 4.78 is 10.5. The first kappa shape index (κ1) is 15.4. The molecule has 4 heteroatoms. The Bertz CT molecular complexity index is 658. The maximum Gasteiger partial charge on any atom is 0.252 e. The number of methoxy groups -OCH3 is 2. The van der Waals surface area contributed by atoms with Crippen molar-refractivity contribution < 1.29 is 14.3 Å². The van der Waals surface area contributed by atoms with Crippen molar-refractivity contribution in [2.45, 2.75) is 18.9 Å². The number of hydrogen-bond donors (Lipinski definition) is 1. The summed E-state index contributed by atoms with van der Waals surface area (Å²) in [6.07, 6.45) is 2.31. The maximum absolute atomic E-state index is 12.7. The fraction of sp³-hybridized carbons (Fsp3) is 0.316. The van der Waals surface area contributed by atoms with Gasteiger partial charge in [0.05, 0.1) is 20.3 Å². The first-order chi connectivity index (χ1) is 11.2. The molecule has 2 aromatic rings. The highest BCUT2D eigenvalue weighted by atomic mass is 16.5. The lowest BCUT2D eigenvalue weighted by Crippen LogP contribution is -2.29. The summed E-state index contributed by atoms with van der Waals surface area (Å²) >= 11 is 0. The molecule has 3 rings (SSSR count). The number of ether oxygens (including phenoxy) is 2. The second-order valence-corrected chi connectivity index (χ2v) is 5.80. The number of benzene rings is 2. The van der Waals surface area contributed by atoms with E-state index in [4.69, 9.17) is 9.47 Å². The minimum Gasteiger partial charge on any atom is -0.497 e. The summed E-state index contributed by atoms with van der Waals surface area (Å²) in [5.41, 5.74) is 1.70. The highest BCUT2D eigenvalue weighted by molar-refractivity contribution is 5.95. The first-order valence-electron chi connectivity index (χ1n) is 7.80. The van der Waals surface area contributed by atoms with E-state index in [9.17, 15) is 4.79 Å². The van der Waals surface area contributed by atoms with Crippen LogP contribution < -0.4 is 14.8 Å². The molecule has 1 amide bonds. The molecule has 1 aliphatic rings. The van der Waals surface area contributed by atoms with Crippen molar-refractivity contribution in [2.75, 3.05) is 14.2 Å². The molecule has 0 saturated heterocycles. The molecular weight excluding hydrogens is 290 g/mol. The molecule has 0 aliphatic heterocycles. The van der Waals surface area contributed by atoms with Crippen molar-refractivity contribution in [2.24, 2.45) is 5.92 Å². The monoisotopic (exact) mass is 311 g/mol. The van der Waals surface area contributed by atoms with Crippen molar-refractivity contribution in [3.8, 4) is 11.5 Å². The van der Waals surface area contributed by atoms with Gasteiger partial charge < -0.3 is 14.8 Å². The van der Waals surface area contributed by atoms with Gasteiger partial charge in [0, 0.05) is 11.6 Å². The quantitative estimate of drug-likeness (QED) is 0.887. The van der Waals surface area contributed by atoms with Crippen molar-refractivity contribution >= 4 is 5.91 Å². The largest absolute Gasteiger partial charge is 0.497 e. The van der Waals surface area contributed by atoms with E-state index in [1.54, 1.807) is 32.4 Å². The van der Waals surface area contributed by atoms with Crippen molar-refractivity contribution in [3.05, 3.63) is 59.7 Å². The number of carbonyl (C=O) groups excluding carboxylic acids is 1. The fourth-order valence-electron chi connectivity index (χ4n) is 2.73. The van der Waals surface area contributed by atoms with Gasteiger partial charge in [-0.2, -0.15) is 0 Å². The van der Waals surface area contributed by atoms with E-state index in [1.165, 1.54) is 0 Å². The average molecular weight is 311 g/mol. The van der Waals surface area contributed by atoms with Crippen molar-refractivity contribution in [1.82, 2.24) is 5.32 Å². The predicted octanol–water partition coefficient (Wildman–Crippen LogP) is 3.58. The Kier molecular flexibility index (Phi) is 4.51. The van der Waals surface area contributed by atoms with Gasteiger partial charge in [0.1, 0.15) is 11.5 Å². The van der Waals surface area contributed by atoms with Gasteiger partial charge in [-0.3, -0.25) is 4.79 Å². The zero-order valence-corrected chi connectivity index (χ0v) is 13.4. The lowest BCUT2D eigenvalue weighted by Gasteiger charge is -2.19. The average Bonchev–Trinajstić information content (AvgIpc) is 3.44. The summed E-state index contributed by atoms with van der Waals surface area (Å²) in [6.45, 7) is 0. The van der Waals surface area contributed by atoms with Crippen LogP contribution in [0.5, 0.6) is 11.5 Å². The summed E-state index contributed by atoms with van der Waals surface area (Å²) in [7, 11) is 3.15. The van der Waals surface area contributed by atoms with Crippen LogP contribution in [0.2, 0.25) is 0 Å². The number of nitrogens with one attached hydrogen (secondary N) is 1. The summed E-state index contributed by atoms with van der Waals surface area (Å²) in [5, 5.41) is 3.16. The van der Waals surface area contributed by atoms with E-state index in [0.717, 1.165) is 18.4 Å². The lowest BCUT2D eigenvalue weighted by atomic mass is 10.0. The third kappa shape index (κ3) is 3.65. The molecule has 23 heavy (non-hydrogen) atoms. The molecule has 0 spiro atoms. The van der Waals surface area contributed by atoms with Gasteiger partial charge in [-0.05, 0) is 36.5 Å². The molecule has 0 radical (unpaired) electrons. The van der Waals surface area contributed by atoms with Crippen molar-refractivity contribution in [1.29, 1.82) is 0 Å². The topological polar surface area (TPSA) is 47.6 Å². The van der Waals surface area contributed by atoms with Crippen LogP contribution in [-0.4, -0.2) is 20.1 Å². The predicted molar refractivity (Wildman–Crippen MR) is 88.9 cm³/mol. The fourth-order valence-corrected chi connectivity index (χ4v) is 2.73. The Balaban J connectivity index is 1.82. The van der Waals surface area contributed by atoms with E-state index in [2.05, 4.69) is 17.4 Å². The minimum atomic E-state index is -0.108. The minimum absolute atomic E-state index is 0.0564. The van der Waals surface area contributed by atoms with Gasteiger partial charge in [0.2, 0.25) is 0 Å². The van der Waals surface area contributed by atoms with Gasteiger partial charge in [-0.1, -0.05) is 30.3 Å². The molecule has 4 nitrogen and oxygen atoms in total. The van der Waals surface area contributed by atoms with Crippen LogP contribution in [0.3, 0.4) is 0 Å². The first-order valence-corrected chi connectivity index (χ1v) is 7.80. The summed E-state index contributed by atoms with van der Waals surface area (Å²) in [6, 6.07) is 15.4. The Hall–Kier alpha value is -2.49. The highest BCUT2D eigenvalue weighted by Gasteiger charge is 2.33. The smallest absolute Gasteiger partial charge is 0.252 e. The van der Waals surface area contributed by atoms with Crippen LogP contribution in [0.1, 0.15) is 34.8 Å². The maximum atomic E-state index is 12.7. The third-order valence-electron chi connectivity index (χ3n) is 4.15. The van der Waals surface area contributed by atoms with Crippen LogP contribution in [0.25, 0.3) is 0 Å². The molecule has 1 N–H and O–H groups in total. The summed E-state index contributed by atoms with van der Waals surface area (Å²) in [5.74, 6) is 1.63. The van der Waals surface area contributed by atoms with Crippen LogP contribution in [0, 0.1) is 5.92 Å². The molecule has 1 saturated carbocycles. The molecule has 120 valence electrons. The van der Waals surface area contributed by atoms with E-state index < -0.39 is 0 Å². The molecule has 1 fully saturated rings. The standard InChI is InChI=1S/C19H21NO3/c1-22-16-10-15(11-17(12-16)23-2)19(21)20-18(14-8-9-14)13-6-4-3-5-7-13/h3-7,10-12,14,18H,8-9H2,1-2H3,(H,20,21)/t18-/m1/s1. The van der Waals surface area contributed by atoms with Crippen molar-refractivity contribution in [3.63, 3.8) is 0 Å². The SMILES string of the molecule is COc1cc(OC)cc(C(=O)N[C@H](c2ccccc2)C2CC2)c1. The van der Waals surface area contributed by atoms with Crippen LogP contribution in [-0.2, 0) is 0 Å². The molecule has 1 atom stereocenters. The molecule has 0 aromatic heterocycles. The second-order valence-electron chi connectivity index (χ2n) is 5.80. The lowest BCUT2D eigenvalue weighted by molar-refractivity contribution is 0.0931. The van der Waals surface area contributed by atoms with E-state index in [1.807, 2.05) is 18.2 Å². The Labute approximate surface area is 136 Å². The number of hydrogen-bond acceptors (Lipinski definition) is 3. The van der Waals surface area contributed by atoms with Gasteiger partial charge >= 0.3 is 0 Å². The third-order valence-corrected chi connectivity index (χ3v) is 4.15. The zero-order chi connectivity index (χ0) is 16.2. The van der Waals surface area contributed by atoms with Crippen LogP contribution >= 0.6 is 0 Å². The van der Waals surface area contributed by atoms with Gasteiger partial charge in [-0.15, -0.1) is 0 Å². The van der Waals surface area contributed by atoms with Gasteiger partial charge in [-0.25, -0.2) is 0 Å². The number of rotatable bonds is 6. The zero-order valence-electron chi connectivity index (χ0n) is 13.4. The molecule has 0 bridgehead atoms. The van der Waals surface area contributed by atoms with E-state index in [0.29, 0.717) is 23.0 Å². The van der Waals surface area contributed by atoms with Crippen LogP contribution in [0.15, 0.2) is 48.5 Å². The normalized spacial score (nSPS) is 14.9. The Morgan fingerprint density at radius 2 is 1.65 bits per heavy atom. The van der Waals surface area contributed by atoms with E-state index >= 15 is 0 Å². The van der Waals surface area contributed by atoms with Gasteiger partial charge in [0.15, 0.2) is 0 Å². The number of amides is 1.